The molecule has 0 fully saturated rings. The minimum absolute atomic E-state index is 0. The van der Waals surface area contributed by atoms with Gasteiger partial charge in [-0.15, -0.1) is 54.1 Å². The van der Waals surface area contributed by atoms with Gasteiger partial charge in [-0.3, -0.25) is 4.39 Å². The molecular weight excluding hydrogens is 607 g/mol. The van der Waals surface area contributed by atoms with Crippen LogP contribution in [0.4, 0.5) is 8.78 Å². The second kappa shape index (κ2) is 12.1. The molecule has 0 unspecified atom stereocenters. The SMILES string of the molecule is [2H]C([2H])([2H])c1ccc(-c2[c-]c(F)ccc2F)nc1.[Ir].[c-]1ccccc1-c1cc(-c2ccccc2)ccn1. The van der Waals surface area contributed by atoms with Crippen molar-refractivity contribution in [3.63, 3.8) is 0 Å². The van der Waals surface area contributed by atoms with Gasteiger partial charge in [-0.05, 0) is 41.0 Å². The van der Waals surface area contributed by atoms with Gasteiger partial charge in [0.15, 0.2) is 0 Å². The van der Waals surface area contributed by atoms with Crippen LogP contribution in [-0.4, -0.2) is 9.97 Å². The molecule has 0 atom stereocenters. The first kappa shape index (κ1) is 21.0. The minimum atomic E-state index is -2.27. The van der Waals surface area contributed by atoms with E-state index in [1.165, 1.54) is 23.3 Å². The number of hydrogen-bond donors (Lipinski definition) is 0. The first-order valence-corrected chi connectivity index (χ1v) is 10.1. The molecule has 2 heterocycles. The second-order valence-electron chi connectivity index (χ2n) is 7.03. The molecule has 1 radical (unpaired) electrons. The van der Waals surface area contributed by atoms with Gasteiger partial charge in [0.1, 0.15) is 0 Å². The summed E-state index contributed by atoms with van der Waals surface area (Å²) >= 11 is 0. The van der Waals surface area contributed by atoms with Crippen LogP contribution in [-0.2, 0) is 20.1 Å². The van der Waals surface area contributed by atoms with Gasteiger partial charge in [0.05, 0.1) is 0 Å². The smallest absolute Gasteiger partial charge is 0.0407 e. The van der Waals surface area contributed by atoms with Crippen molar-refractivity contribution >= 4 is 0 Å². The van der Waals surface area contributed by atoms with Crippen molar-refractivity contribution in [3.8, 4) is 33.6 Å². The molecule has 0 aliphatic carbocycles. The Kier molecular flexibility index (Phi) is 7.47. The molecular formula is C29H20F2IrN2-2. The third-order valence-electron chi connectivity index (χ3n) is 4.73. The fourth-order valence-electron chi connectivity index (χ4n) is 3.12. The Morgan fingerprint density at radius 3 is 2.32 bits per heavy atom. The monoisotopic (exact) mass is 630 g/mol. The molecule has 171 valence electrons. The zero-order valence-corrected chi connectivity index (χ0v) is 20.2. The van der Waals surface area contributed by atoms with Crippen molar-refractivity contribution in [2.45, 2.75) is 6.85 Å². The Bertz CT molecular complexity index is 1370. The van der Waals surface area contributed by atoms with E-state index in [-0.39, 0.29) is 36.9 Å². The van der Waals surface area contributed by atoms with Crippen LogP contribution in [0.5, 0.6) is 0 Å². The Balaban J connectivity index is 0.000000200. The first-order valence-electron chi connectivity index (χ1n) is 11.6. The van der Waals surface area contributed by atoms with E-state index < -0.39 is 18.5 Å². The van der Waals surface area contributed by atoms with E-state index in [0.717, 1.165) is 29.6 Å². The maximum absolute atomic E-state index is 13.4. The topological polar surface area (TPSA) is 25.8 Å². The van der Waals surface area contributed by atoms with Gasteiger partial charge in [0.2, 0.25) is 0 Å². The molecule has 0 saturated heterocycles. The van der Waals surface area contributed by atoms with E-state index in [1.54, 1.807) is 0 Å². The number of halogens is 2. The van der Waals surface area contributed by atoms with E-state index >= 15 is 0 Å². The van der Waals surface area contributed by atoms with Crippen LogP contribution in [0.3, 0.4) is 0 Å². The van der Waals surface area contributed by atoms with Crippen molar-refractivity contribution in [1.29, 1.82) is 0 Å². The number of aromatic nitrogens is 2. The Labute approximate surface area is 215 Å². The fourth-order valence-corrected chi connectivity index (χ4v) is 3.12. The third kappa shape index (κ3) is 6.50. The zero-order valence-electron chi connectivity index (χ0n) is 20.8. The predicted molar refractivity (Wildman–Crippen MR) is 127 cm³/mol. The summed E-state index contributed by atoms with van der Waals surface area (Å²) in [5.41, 5.74) is 4.43. The van der Waals surface area contributed by atoms with E-state index in [0.29, 0.717) is 0 Å². The Morgan fingerprint density at radius 2 is 1.62 bits per heavy atom. The van der Waals surface area contributed by atoms with Crippen LogP contribution >= 0.6 is 0 Å². The van der Waals surface area contributed by atoms with Crippen LogP contribution in [0.1, 0.15) is 9.68 Å². The van der Waals surface area contributed by atoms with Gasteiger partial charge in [-0.1, -0.05) is 54.1 Å². The van der Waals surface area contributed by atoms with Gasteiger partial charge in [0.25, 0.3) is 0 Å². The summed E-state index contributed by atoms with van der Waals surface area (Å²) in [5.74, 6) is -1.36. The second-order valence-corrected chi connectivity index (χ2v) is 7.03. The standard InChI is InChI=1S/C17H12N.C12H8F2N.Ir/c1-3-7-14(8-4-1)16-11-12-18-17(13-16)15-9-5-2-6-10-15;1-8-2-5-12(15-7-8)10-6-9(13)3-4-11(10)14;/h1-9,11-13H;2-5,7H,1H3;/q2*-1;/i;1D3;. The first-order chi connectivity index (χ1) is 17.3. The maximum Gasteiger partial charge on any atom is 0.0407 e. The van der Waals surface area contributed by atoms with E-state index in [1.807, 2.05) is 54.7 Å². The molecule has 5 rings (SSSR count). The number of hydrogen-bond acceptors (Lipinski definition) is 2. The number of benzene rings is 3. The molecule has 0 amide bonds. The fraction of sp³-hybridized carbons (Fsp3) is 0.0345. The molecule has 5 aromatic rings. The third-order valence-corrected chi connectivity index (χ3v) is 4.73. The van der Waals surface area contributed by atoms with Gasteiger partial charge >= 0.3 is 0 Å². The van der Waals surface area contributed by atoms with E-state index in [2.05, 4.69) is 40.3 Å². The molecule has 0 aliphatic heterocycles. The van der Waals surface area contributed by atoms with Crippen molar-refractivity contribution in [3.05, 3.63) is 133 Å². The van der Waals surface area contributed by atoms with Gasteiger partial charge in [-0.2, -0.15) is 0 Å². The van der Waals surface area contributed by atoms with Crippen molar-refractivity contribution in [2.24, 2.45) is 0 Å². The van der Waals surface area contributed by atoms with Crippen molar-refractivity contribution in [2.75, 3.05) is 0 Å². The Hall–Kier alpha value is -3.53. The summed E-state index contributed by atoms with van der Waals surface area (Å²) in [6.45, 7) is -2.27. The Morgan fingerprint density at radius 1 is 0.794 bits per heavy atom. The van der Waals surface area contributed by atoms with Crippen LogP contribution in [0.25, 0.3) is 33.6 Å². The summed E-state index contributed by atoms with van der Waals surface area (Å²) in [6.07, 6.45) is 2.97. The van der Waals surface area contributed by atoms with Crippen LogP contribution in [0, 0.1) is 30.6 Å². The van der Waals surface area contributed by atoms with Crippen LogP contribution in [0.2, 0.25) is 0 Å². The average molecular weight is 630 g/mol. The number of nitrogens with zero attached hydrogens (tertiary/aromatic N) is 2. The quantitative estimate of drug-likeness (QED) is 0.195. The van der Waals surface area contributed by atoms with Gasteiger partial charge in [-0.25, -0.2) is 4.39 Å². The average Bonchev–Trinajstić information content (AvgIpc) is 2.91. The number of rotatable bonds is 3. The van der Waals surface area contributed by atoms with Gasteiger partial charge in [0, 0.05) is 48.2 Å². The summed E-state index contributed by atoms with van der Waals surface area (Å²) in [6, 6.07) is 32.3. The van der Waals surface area contributed by atoms with E-state index in [4.69, 9.17) is 4.11 Å². The predicted octanol–water partition coefficient (Wildman–Crippen LogP) is 7.35. The largest absolute Gasteiger partial charge is 0.305 e. The summed E-state index contributed by atoms with van der Waals surface area (Å²) < 4.78 is 47.9. The molecule has 0 saturated carbocycles. The molecule has 2 nitrogen and oxygen atoms in total. The van der Waals surface area contributed by atoms with Crippen LogP contribution in [0.15, 0.2) is 103 Å². The summed E-state index contributed by atoms with van der Waals surface area (Å²) in [5, 5.41) is 0. The molecule has 2 aromatic heterocycles. The molecule has 0 aliphatic rings. The molecule has 0 spiro atoms. The summed E-state index contributed by atoms with van der Waals surface area (Å²) in [7, 11) is 0. The van der Waals surface area contributed by atoms with Gasteiger partial charge < -0.3 is 9.97 Å². The number of aryl methyl sites for hydroxylation is 1. The van der Waals surface area contributed by atoms with E-state index in [9.17, 15) is 8.78 Å². The molecule has 34 heavy (non-hydrogen) atoms. The van der Waals surface area contributed by atoms with Crippen molar-refractivity contribution < 1.29 is 33.0 Å². The van der Waals surface area contributed by atoms with Crippen molar-refractivity contribution in [1.82, 2.24) is 9.97 Å². The molecule has 3 aromatic carbocycles. The van der Waals surface area contributed by atoms with Crippen LogP contribution < -0.4 is 0 Å². The molecule has 5 heteroatoms. The minimum Gasteiger partial charge on any atom is -0.305 e. The number of pyridine rings is 2. The normalized spacial score (nSPS) is 11.6. The molecule has 0 bridgehead atoms. The summed E-state index contributed by atoms with van der Waals surface area (Å²) in [4.78, 5) is 8.22. The maximum atomic E-state index is 13.4. The molecule has 0 N–H and O–H groups in total. The zero-order chi connectivity index (χ0) is 25.5.